The maximum absolute atomic E-state index is 12.9. The lowest BCUT2D eigenvalue weighted by atomic mass is 9.92. The summed E-state index contributed by atoms with van der Waals surface area (Å²) in [5.74, 6) is -0.589. The molecule has 2 rings (SSSR count). The van der Waals surface area contributed by atoms with Crippen molar-refractivity contribution in [2.24, 2.45) is 5.16 Å². The Kier molecular flexibility index (Phi) is 7.25. The Balaban J connectivity index is 2.68. The van der Waals surface area contributed by atoms with Crippen molar-refractivity contribution in [3.63, 3.8) is 0 Å². The van der Waals surface area contributed by atoms with Crippen LogP contribution in [0.25, 0.3) is 0 Å². The van der Waals surface area contributed by atoms with Gasteiger partial charge in [0.1, 0.15) is 17.9 Å². The molecule has 0 bridgehead atoms. The van der Waals surface area contributed by atoms with E-state index in [4.69, 9.17) is 19.0 Å². The molecule has 0 aromatic carbocycles. The molecule has 1 amide bonds. The lowest BCUT2D eigenvalue weighted by Gasteiger charge is -2.36. The average molecular weight is 421 g/mol. The summed E-state index contributed by atoms with van der Waals surface area (Å²) in [7, 11) is 1.37. The molecule has 0 radical (unpaired) electrons. The zero-order valence-corrected chi connectivity index (χ0v) is 17.8. The number of carbonyl (C=O) groups excluding carboxylic acids is 2. The molecule has 1 N–H and O–H groups in total. The molecule has 0 spiro atoms. The number of amides is 1. The van der Waals surface area contributed by atoms with Crippen LogP contribution in [0, 0.1) is 0 Å². The van der Waals surface area contributed by atoms with E-state index >= 15 is 0 Å². The minimum atomic E-state index is -1.22. The number of oxime groups is 1. The minimum Gasteiger partial charge on any atom is -0.482 e. The van der Waals surface area contributed by atoms with Gasteiger partial charge in [0, 0.05) is 11.6 Å². The Labute approximate surface area is 174 Å². The van der Waals surface area contributed by atoms with E-state index in [0.29, 0.717) is 0 Å². The Morgan fingerprint density at radius 2 is 2.10 bits per heavy atom. The maximum atomic E-state index is 12.9. The zero-order valence-electron chi connectivity index (χ0n) is 17.8. The Hall–Kier alpha value is -3.30. The van der Waals surface area contributed by atoms with Crippen LogP contribution in [0.4, 0.5) is 4.79 Å². The molecule has 1 aliphatic rings. The molecule has 1 atom stereocenters. The molecular formula is C20H27N3O7. The standard InChI is InChI=1S/C20H27N3O7/c1-7-9-29-22-13-11-23(19(26)30-20(3,4)5)16(18(25)28-8-2)12-10-14(27-6)21-17(24)15(12)13/h7,10,16H,1,8-9,11H2,2-6H3,(H,21,24). The average Bonchev–Trinajstić information content (AvgIpc) is 2.65. The van der Waals surface area contributed by atoms with Crippen molar-refractivity contribution in [1.29, 1.82) is 0 Å². The van der Waals surface area contributed by atoms with Crippen LogP contribution in [0.2, 0.25) is 0 Å². The predicted molar refractivity (Wildman–Crippen MR) is 109 cm³/mol. The van der Waals surface area contributed by atoms with Gasteiger partial charge in [-0.25, -0.2) is 9.59 Å². The van der Waals surface area contributed by atoms with E-state index in [1.807, 2.05) is 0 Å². The molecule has 10 nitrogen and oxygen atoms in total. The van der Waals surface area contributed by atoms with Gasteiger partial charge in [-0.05, 0) is 27.7 Å². The van der Waals surface area contributed by atoms with Crippen molar-refractivity contribution in [3.8, 4) is 5.88 Å². The summed E-state index contributed by atoms with van der Waals surface area (Å²) in [6.45, 7) is 10.3. The number of H-pyrrole nitrogens is 1. The molecule has 1 unspecified atom stereocenters. The maximum Gasteiger partial charge on any atom is 0.411 e. The summed E-state index contributed by atoms with van der Waals surface area (Å²) in [6, 6.07) is 0.238. The van der Waals surface area contributed by atoms with Gasteiger partial charge in [0.05, 0.1) is 25.8 Å². The first-order valence-electron chi connectivity index (χ1n) is 9.40. The largest absolute Gasteiger partial charge is 0.482 e. The normalized spacial score (nSPS) is 17.2. The van der Waals surface area contributed by atoms with E-state index in [0.717, 1.165) is 4.90 Å². The lowest BCUT2D eigenvalue weighted by molar-refractivity contribution is -0.149. The number of pyridine rings is 1. The first-order chi connectivity index (χ1) is 14.1. The Morgan fingerprint density at radius 1 is 1.40 bits per heavy atom. The summed E-state index contributed by atoms with van der Waals surface area (Å²) >= 11 is 0. The van der Waals surface area contributed by atoms with E-state index in [1.165, 1.54) is 19.3 Å². The fraction of sp³-hybridized carbons (Fsp3) is 0.500. The molecular weight excluding hydrogens is 394 g/mol. The van der Waals surface area contributed by atoms with Crippen LogP contribution in [0.5, 0.6) is 5.88 Å². The van der Waals surface area contributed by atoms with Crippen molar-refractivity contribution in [2.75, 3.05) is 26.9 Å². The van der Waals surface area contributed by atoms with E-state index in [-0.39, 0.29) is 42.5 Å². The van der Waals surface area contributed by atoms with Gasteiger partial charge in [-0.2, -0.15) is 0 Å². The summed E-state index contributed by atoms with van der Waals surface area (Å²) < 4.78 is 15.8. The number of aromatic nitrogens is 1. The number of methoxy groups -OCH3 is 1. The molecule has 0 aliphatic carbocycles. The Morgan fingerprint density at radius 3 is 2.67 bits per heavy atom. The van der Waals surface area contributed by atoms with Gasteiger partial charge in [-0.15, -0.1) is 0 Å². The molecule has 164 valence electrons. The second-order valence-electron chi connectivity index (χ2n) is 7.38. The first kappa shape index (κ1) is 23.0. The molecule has 1 aromatic rings. The van der Waals surface area contributed by atoms with Crippen molar-refractivity contribution >= 4 is 17.8 Å². The SMILES string of the molecule is C=CCON=C1CN(C(=O)OC(C)(C)C)C(C(=O)OCC)c2cc(OC)[nH]c(=O)c21. The number of hydrogen-bond acceptors (Lipinski definition) is 8. The van der Waals surface area contributed by atoms with Gasteiger partial charge < -0.3 is 19.0 Å². The quantitative estimate of drug-likeness (QED) is 0.323. The third-order valence-corrected chi connectivity index (χ3v) is 3.98. The van der Waals surface area contributed by atoms with Crippen LogP contribution >= 0.6 is 0 Å². The monoisotopic (exact) mass is 421 g/mol. The number of ether oxygens (including phenoxy) is 3. The van der Waals surface area contributed by atoms with Crippen LogP contribution in [-0.4, -0.2) is 60.1 Å². The van der Waals surface area contributed by atoms with Crippen molar-refractivity contribution < 1.29 is 28.6 Å². The lowest BCUT2D eigenvalue weighted by Crippen LogP contribution is -2.50. The van der Waals surface area contributed by atoms with Gasteiger partial charge in [0.2, 0.25) is 0 Å². The molecule has 0 saturated heterocycles. The number of esters is 1. The molecule has 1 aliphatic heterocycles. The summed E-state index contributed by atoms with van der Waals surface area (Å²) in [6.07, 6.45) is 0.723. The second kappa shape index (κ2) is 9.47. The summed E-state index contributed by atoms with van der Waals surface area (Å²) in [5, 5.41) is 3.98. The molecule has 0 saturated carbocycles. The highest BCUT2D eigenvalue weighted by Crippen LogP contribution is 2.32. The summed E-state index contributed by atoms with van der Waals surface area (Å²) in [4.78, 5) is 47.3. The van der Waals surface area contributed by atoms with Crippen LogP contribution in [-0.2, 0) is 19.1 Å². The number of nitrogens with zero attached hydrogens (tertiary/aromatic N) is 2. The van der Waals surface area contributed by atoms with Gasteiger partial charge in [0.15, 0.2) is 11.9 Å². The molecule has 30 heavy (non-hydrogen) atoms. The molecule has 1 aromatic heterocycles. The van der Waals surface area contributed by atoms with Gasteiger partial charge in [0.25, 0.3) is 5.56 Å². The molecule has 2 heterocycles. The van der Waals surface area contributed by atoms with Gasteiger partial charge in [-0.3, -0.25) is 14.7 Å². The van der Waals surface area contributed by atoms with Crippen molar-refractivity contribution in [1.82, 2.24) is 9.88 Å². The van der Waals surface area contributed by atoms with E-state index in [1.54, 1.807) is 27.7 Å². The van der Waals surface area contributed by atoms with Crippen molar-refractivity contribution in [3.05, 3.63) is 40.2 Å². The molecule has 10 heteroatoms. The number of rotatable bonds is 6. The van der Waals surface area contributed by atoms with Crippen LogP contribution in [0.3, 0.4) is 0 Å². The number of fused-ring (bicyclic) bond motifs is 1. The first-order valence-corrected chi connectivity index (χ1v) is 9.40. The topological polar surface area (TPSA) is 120 Å². The van der Waals surface area contributed by atoms with E-state index < -0.39 is 29.3 Å². The fourth-order valence-corrected chi connectivity index (χ4v) is 2.89. The Bertz CT molecular complexity index is 899. The third-order valence-electron chi connectivity index (χ3n) is 3.98. The fourth-order valence-electron chi connectivity index (χ4n) is 2.89. The van der Waals surface area contributed by atoms with Gasteiger partial charge in [-0.1, -0.05) is 17.8 Å². The smallest absolute Gasteiger partial charge is 0.411 e. The van der Waals surface area contributed by atoms with Crippen molar-refractivity contribution in [2.45, 2.75) is 39.3 Å². The minimum absolute atomic E-state index is 0.0938. The highest BCUT2D eigenvalue weighted by Gasteiger charge is 2.43. The summed E-state index contributed by atoms with van der Waals surface area (Å²) in [5.41, 5.74) is -0.880. The second-order valence-corrected chi connectivity index (χ2v) is 7.38. The number of carbonyl (C=O) groups is 2. The van der Waals surface area contributed by atoms with Crippen LogP contribution < -0.4 is 10.3 Å². The van der Waals surface area contributed by atoms with E-state index in [2.05, 4.69) is 16.7 Å². The third kappa shape index (κ3) is 5.19. The van der Waals surface area contributed by atoms with E-state index in [9.17, 15) is 14.4 Å². The highest BCUT2D eigenvalue weighted by molar-refractivity contribution is 6.07. The van der Waals surface area contributed by atoms with Gasteiger partial charge >= 0.3 is 12.1 Å². The number of aromatic amines is 1. The zero-order chi connectivity index (χ0) is 22.5. The van der Waals surface area contributed by atoms with Crippen LogP contribution in [0.1, 0.15) is 44.9 Å². The number of nitrogens with one attached hydrogen (secondary N) is 1. The number of hydrogen-bond donors (Lipinski definition) is 1. The highest BCUT2D eigenvalue weighted by atomic mass is 16.6. The predicted octanol–water partition coefficient (Wildman–Crippen LogP) is 2.15. The molecule has 0 fully saturated rings. The van der Waals surface area contributed by atoms with Crippen LogP contribution in [0.15, 0.2) is 28.7 Å².